The lowest BCUT2D eigenvalue weighted by atomic mass is 9.74. The summed E-state index contributed by atoms with van der Waals surface area (Å²) in [4.78, 5) is 14.7. The number of carbonyl (C=O) groups is 1. The summed E-state index contributed by atoms with van der Waals surface area (Å²) < 4.78 is 0. The molecule has 2 aliphatic rings. The summed E-state index contributed by atoms with van der Waals surface area (Å²) in [7, 11) is 3.72. The maximum Gasteiger partial charge on any atom is 0.242 e. The van der Waals surface area contributed by atoms with E-state index in [2.05, 4.69) is 12.2 Å². The zero-order chi connectivity index (χ0) is 19.0. The fourth-order valence-corrected chi connectivity index (χ4v) is 5.20. The van der Waals surface area contributed by atoms with Crippen LogP contribution in [-0.2, 0) is 4.79 Å². The van der Waals surface area contributed by atoms with Gasteiger partial charge in [-0.2, -0.15) is 0 Å². The van der Waals surface area contributed by atoms with Gasteiger partial charge in [-0.25, -0.2) is 0 Å². The Labute approximate surface area is 161 Å². The fraction of sp³-hybridized carbons (Fsp3) is 0.955. The summed E-state index contributed by atoms with van der Waals surface area (Å²) >= 11 is 0. The van der Waals surface area contributed by atoms with Crippen LogP contribution in [0.1, 0.15) is 90.4 Å². The highest BCUT2D eigenvalue weighted by Crippen LogP contribution is 2.35. The summed E-state index contributed by atoms with van der Waals surface area (Å²) in [5.74, 6) is 1.50. The maximum absolute atomic E-state index is 13.0. The van der Waals surface area contributed by atoms with Crippen LogP contribution in [0.3, 0.4) is 0 Å². The van der Waals surface area contributed by atoms with E-state index in [-0.39, 0.29) is 5.91 Å². The molecule has 0 aromatic rings. The predicted molar refractivity (Wildman–Crippen MR) is 110 cm³/mol. The van der Waals surface area contributed by atoms with Crippen molar-refractivity contribution < 1.29 is 4.79 Å². The molecule has 26 heavy (non-hydrogen) atoms. The number of hydrogen-bond acceptors (Lipinski definition) is 3. The summed E-state index contributed by atoms with van der Waals surface area (Å²) in [5.41, 5.74) is 6.16. The van der Waals surface area contributed by atoms with E-state index in [1.165, 1.54) is 64.2 Å². The van der Waals surface area contributed by atoms with Crippen molar-refractivity contribution in [3.05, 3.63) is 0 Å². The van der Waals surface area contributed by atoms with Gasteiger partial charge in [-0.05, 0) is 56.9 Å². The number of amides is 1. The number of carbonyl (C=O) groups excluding carboxylic acids is 1. The third-order valence-corrected chi connectivity index (χ3v) is 6.67. The van der Waals surface area contributed by atoms with E-state index in [1.54, 1.807) is 4.90 Å². The van der Waals surface area contributed by atoms with E-state index in [0.29, 0.717) is 12.0 Å². The predicted octanol–water partition coefficient (Wildman–Crippen LogP) is 4.08. The van der Waals surface area contributed by atoms with Gasteiger partial charge in [-0.3, -0.25) is 4.79 Å². The molecular formula is C22H43N3O. The summed E-state index contributed by atoms with van der Waals surface area (Å²) in [5, 5.41) is 3.69. The standard InChI is InChI=1S/C22H43N3O/c1-4-15-24-20-12-8-11-19(16-20)17-22(23,21(26)25(2)3)14-13-18-9-6-5-7-10-18/h18-20,24H,4-17,23H2,1-3H3/t19-,20+,22-/m1/s1. The van der Waals surface area contributed by atoms with Crippen LogP contribution < -0.4 is 11.1 Å². The molecule has 1 amide bonds. The van der Waals surface area contributed by atoms with Crippen LogP contribution in [0.2, 0.25) is 0 Å². The Morgan fingerprint density at radius 1 is 1.08 bits per heavy atom. The van der Waals surface area contributed by atoms with Gasteiger partial charge in [-0.15, -0.1) is 0 Å². The van der Waals surface area contributed by atoms with Gasteiger partial charge < -0.3 is 16.0 Å². The van der Waals surface area contributed by atoms with Crippen LogP contribution in [0, 0.1) is 11.8 Å². The van der Waals surface area contributed by atoms with Crippen LogP contribution in [0.25, 0.3) is 0 Å². The Bertz CT molecular complexity index is 420. The SMILES string of the molecule is CCCN[C@H]1CCC[C@@H](C[C@](N)(CCC2CCCCC2)C(=O)N(C)C)C1. The Hall–Kier alpha value is -0.610. The number of rotatable bonds is 9. The van der Waals surface area contributed by atoms with Crippen LogP contribution in [0.4, 0.5) is 0 Å². The quantitative estimate of drug-likeness (QED) is 0.647. The Morgan fingerprint density at radius 2 is 1.77 bits per heavy atom. The maximum atomic E-state index is 13.0. The first-order chi connectivity index (χ1) is 12.4. The van der Waals surface area contributed by atoms with Crippen molar-refractivity contribution in [1.82, 2.24) is 10.2 Å². The van der Waals surface area contributed by atoms with Crippen LogP contribution in [0.15, 0.2) is 0 Å². The number of hydrogen-bond donors (Lipinski definition) is 2. The second-order valence-corrected chi connectivity index (χ2v) is 9.29. The molecule has 0 bridgehead atoms. The largest absolute Gasteiger partial charge is 0.347 e. The smallest absolute Gasteiger partial charge is 0.242 e. The van der Waals surface area contributed by atoms with Crippen molar-refractivity contribution in [3.63, 3.8) is 0 Å². The molecule has 0 aromatic carbocycles. The van der Waals surface area contributed by atoms with Gasteiger partial charge >= 0.3 is 0 Å². The first-order valence-electron chi connectivity index (χ1n) is 11.2. The third-order valence-electron chi connectivity index (χ3n) is 6.67. The average molecular weight is 366 g/mol. The molecule has 152 valence electrons. The monoisotopic (exact) mass is 365 g/mol. The van der Waals surface area contributed by atoms with E-state index in [1.807, 2.05) is 14.1 Å². The Morgan fingerprint density at radius 3 is 2.42 bits per heavy atom. The minimum atomic E-state index is -0.668. The van der Waals surface area contributed by atoms with Gasteiger partial charge in [0, 0.05) is 20.1 Å². The van der Waals surface area contributed by atoms with Gasteiger partial charge in [-0.1, -0.05) is 51.9 Å². The van der Waals surface area contributed by atoms with Crippen molar-refractivity contribution in [1.29, 1.82) is 0 Å². The molecule has 0 saturated heterocycles. The van der Waals surface area contributed by atoms with Crippen LogP contribution in [-0.4, -0.2) is 43.0 Å². The molecule has 2 rings (SSSR count). The first kappa shape index (κ1) is 21.7. The summed E-state index contributed by atoms with van der Waals surface area (Å²) in [6, 6.07) is 0.616. The van der Waals surface area contributed by atoms with Crippen molar-refractivity contribution in [3.8, 4) is 0 Å². The molecule has 2 fully saturated rings. The molecule has 0 unspecified atom stereocenters. The molecule has 3 N–H and O–H groups in total. The first-order valence-corrected chi connectivity index (χ1v) is 11.2. The molecule has 0 heterocycles. The van der Waals surface area contributed by atoms with Crippen molar-refractivity contribution in [2.75, 3.05) is 20.6 Å². The van der Waals surface area contributed by atoms with E-state index in [4.69, 9.17) is 5.73 Å². The van der Waals surface area contributed by atoms with E-state index >= 15 is 0 Å². The van der Waals surface area contributed by atoms with E-state index < -0.39 is 5.54 Å². The van der Waals surface area contributed by atoms with E-state index in [0.717, 1.165) is 31.7 Å². The van der Waals surface area contributed by atoms with Crippen molar-refractivity contribution in [2.45, 2.75) is 102 Å². The fourth-order valence-electron chi connectivity index (χ4n) is 5.20. The number of likely N-dealkylation sites (N-methyl/N-ethyl adjacent to an activating group) is 1. The summed E-state index contributed by atoms with van der Waals surface area (Å²) in [6.45, 7) is 3.32. The molecular weight excluding hydrogens is 322 g/mol. The molecule has 0 spiro atoms. The molecule has 3 atom stereocenters. The van der Waals surface area contributed by atoms with E-state index in [9.17, 15) is 4.79 Å². The highest BCUT2D eigenvalue weighted by molar-refractivity contribution is 5.85. The summed E-state index contributed by atoms with van der Waals surface area (Å²) in [6.07, 6.45) is 15.7. The lowest BCUT2D eigenvalue weighted by Crippen LogP contribution is -2.55. The molecule has 0 aliphatic heterocycles. The lowest BCUT2D eigenvalue weighted by Gasteiger charge is -2.38. The van der Waals surface area contributed by atoms with Crippen LogP contribution >= 0.6 is 0 Å². The topological polar surface area (TPSA) is 58.4 Å². The van der Waals surface area contributed by atoms with Crippen LogP contribution in [0.5, 0.6) is 0 Å². The number of nitrogens with two attached hydrogens (primary N) is 1. The molecule has 2 saturated carbocycles. The molecule has 4 heteroatoms. The molecule has 0 radical (unpaired) electrons. The third kappa shape index (κ3) is 6.53. The number of nitrogens with one attached hydrogen (secondary N) is 1. The van der Waals surface area contributed by atoms with Gasteiger partial charge in [0.2, 0.25) is 5.91 Å². The lowest BCUT2D eigenvalue weighted by molar-refractivity contribution is -0.135. The number of nitrogens with zero attached hydrogens (tertiary/aromatic N) is 1. The Balaban J connectivity index is 1.95. The minimum absolute atomic E-state index is 0.136. The average Bonchev–Trinajstić information content (AvgIpc) is 2.65. The minimum Gasteiger partial charge on any atom is -0.347 e. The van der Waals surface area contributed by atoms with Gasteiger partial charge in [0.1, 0.15) is 0 Å². The van der Waals surface area contributed by atoms with Crippen molar-refractivity contribution >= 4 is 5.91 Å². The second kappa shape index (κ2) is 10.7. The zero-order valence-electron chi connectivity index (χ0n) is 17.6. The van der Waals surface area contributed by atoms with Gasteiger partial charge in [0.05, 0.1) is 5.54 Å². The molecule has 4 nitrogen and oxygen atoms in total. The highest BCUT2D eigenvalue weighted by Gasteiger charge is 2.39. The van der Waals surface area contributed by atoms with Crippen molar-refractivity contribution in [2.24, 2.45) is 17.6 Å². The molecule has 0 aromatic heterocycles. The highest BCUT2D eigenvalue weighted by atomic mass is 16.2. The van der Waals surface area contributed by atoms with Gasteiger partial charge in [0.15, 0.2) is 0 Å². The molecule has 2 aliphatic carbocycles. The zero-order valence-corrected chi connectivity index (χ0v) is 17.6. The van der Waals surface area contributed by atoms with Gasteiger partial charge in [0.25, 0.3) is 0 Å². The normalized spacial score (nSPS) is 27.1. The Kier molecular flexibility index (Phi) is 8.89. The second-order valence-electron chi connectivity index (χ2n) is 9.29.